The van der Waals surface area contributed by atoms with Gasteiger partial charge in [-0.3, -0.25) is 0 Å². The van der Waals surface area contributed by atoms with E-state index in [2.05, 4.69) is 39.9 Å². The quantitative estimate of drug-likeness (QED) is 0.782. The van der Waals surface area contributed by atoms with Gasteiger partial charge in [-0.25, -0.2) is 9.37 Å². The third kappa shape index (κ3) is 3.07. The van der Waals surface area contributed by atoms with Crippen LogP contribution in [0.3, 0.4) is 0 Å². The van der Waals surface area contributed by atoms with Gasteiger partial charge < -0.3 is 14.8 Å². The highest BCUT2D eigenvalue weighted by molar-refractivity contribution is 5.80. The smallest absolute Gasteiger partial charge is 0.206 e. The van der Waals surface area contributed by atoms with Crippen molar-refractivity contribution in [1.82, 2.24) is 14.9 Å². The fourth-order valence-electron chi connectivity index (χ4n) is 3.79. The van der Waals surface area contributed by atoms with Gasteiger partial charge in [0.15, 0.2) is 0 Å². The van der Waals surface area contributed by atoms with Gasteiger partial charge in [0.25, 0.3) is 0 Å². The second-order valence-electron chi connectivity index (χ2n) is 7.27. The first-order chi connectivity index (χ1) is 12.5. The molecule has 5 heteroatoms. The molecule has 4 nitrogen and oxygen atoms in total. The molecule has 2 aromatic carbocycles. The van der Waals surface area contributed by atoms with Crippen molar-refractivity contribution < 1.29 is 4.39 Å². The van der Waals surface area contributed by atoms with Crippen molar-refractivity contribution in [2.45, 2.75) is 27.3 Å². The topological polar surface area (TPSA) is 33.1 Å². The predicted molar refractivity (Wildman–Crippen MR) is 105 cm³/mol. The number of nitrogens with one attached hydrogen (secondary N) is 1. The molecule has 1 fully saturated rings. The summed E-state index contributed by atoms with van der Waals surface area (Å²) in [5.74, 6) is 0.897. The van der Waals surface area contributed by atoms with Gasteiger partial charge in [0.05, 0.1) is 17.6 Å². The van der Waals surface area contributed by atoms with Crippen LogP contribution in [-0.4, -0.2) is 35.7 Å². The van der Waals surface area contributed by atoms with Gasteiger partial charge in [0.1, 0.15) is 5.82 Å². The van der Waals surface area contributed by atoms with Crippen LogP contribution < -0.4 is 10.2 Å². The predicted octanol–water partition coefficient (Wildman–Crippen LogP) is 3.56. The van der Waals surface area contributed by atoms with E-state index in [1.807, 2.05) is 26.0 Å². The Bertz CT molecular complexity index is 931. The standard InChI is InChI=1S/C21H25FN4/c1-14-4-5-18-19(10-14)26(21(24-18)25-8-6-23-7-9-25)13-17-11-15(2)20(22)16(3)12-17/h4-5,10-12,23H,6-9,13H2,1-3H3. The van der Waals surface area contributed by atoms with Crippen molar-refractivity contribution in [3.63, 3.8) is 0 Å². The van der Waals surface area contributed by atoms with Crippen LogP contribution in [0.1, 0.15) is 22.3 Å². The molecule has 0 radical (unpaired) electrons. The van der Waals surface area contributed by atoms with E-state index < -0.39 is 0 Å². The van der Waals surface area contributed by atoms with Gasteiger partial charge in [0.2, 0.25) is 5.95 Å². The molecule has 1 aromatic heterocycles. The van der Waals surface area contributed by atoms with E-state index in [-0.39, 0.29) is 5.82 Å². The molecule has 1 aliphatic heterocycles. The molecule has 0 bridgehead atoms. The summed E-state index contributed by atoms with van der Waals surface area (Å²) in [5, 5.41) is 3.40. The van der Waals surface area contributed by atoms with Crippen LogP contribution in [0.25, 0.3) is 11.0 Å². The number of aryl methyl sites for hydroxylation is 3. The lowest BCUT2D eigenvalue weighted by Crippen LogP contribution is -2.44. The van der Waals surface area contributed by atoms with E-state index in [1.165, 1.54) is 5.56 Å². The Morgan fingerprint density at radius 2 is 1.73 bits per heavy atom. The molecule has 0 amide bonds. The van der Waals surface area contributed by atoms with Gasteiger partial charge in [0, 0.05) is 26.2 Å². The second-order valence-corrected chi connectivity index (χ2v) is 7.27. The van der Waals surface area contributed by atoms with Crippen LogP contribution >= 0.6 is 0 Å². The Morgan fingerprint density at radius 3 is 2.42 bits per heavy atom. The summed E-state index contributed by atoms with van der Waals surface area (Å²) in [5.41, 5.74) is 5.88. The summed E-state index contributed by atoms with van der Waals surface area (Å²) >= 11 is 0. The first kappa shape index (κ1) is 17.0. The molecule has 0 spiro atoms. The molecule has 0 unspecified atom stereocenters. The molecule has 4 rings (SSSR count). The monoisotopic (exact) mass is 352 g/mol. The van der Waals surface area contributed by atoms with Gasteiger partial charge in [-0.05, 0) is 55.2 Å². The minimum Gasteiger partial charge on any atom is -0.340 e. The number of hydrogen-bond acceptors (Lipinski definition) is 3. The first-order valence-electron chi connectivity index (χ1n) is 9.21. The summed E-state index contributed by atoms with van der Waals surface area (Å²) in [6.45, 7) is 10.3. The van der Waals surface area contributed by atoms with Crippen LogP contribution in [0.4, 0.5) is 10.3 Å². The van der Waals surface area contributed by atoms with Gasteiger partial charge in [-0.2, -0.15) is 0 Å². The number of benzene rings is 2. The van der Waals surface area contributed by atoms with Crippen molar-refractivity contribution in [1.29, 1.82) is 0 Å². The van der Waals surface area contributed by atoms with E-state index in [0.29, 0.717) is 17.7 Å². The van der Waals surface area contributed by atoms with Crippen molar-refractivity contribution >= 4 is 17.0 Å². The molecular formula is C21H25FN4. The molecule has 3 aromatic rings. The van der Waals surface area contributed by atoms with Gasteiger partial charge in [-0.15, -0.1) is 0 Å². The number of hydrogen-bond donors (Lipinski definition) is 1. The number of anilines is 1. The number of imidazole rings is 1. The van der Waals surface area contributed by atoms with Crippen LogP contribution in [0.5, 0.6) is 0 Å². The Labute approximate surface area is 153 Å². The van der Waals surface area contributed by atoms with E-state index in [0.717, 1.165) is 48.7 Å². The molecule has 1 N–H and O–H groups in total. The van der Waals surface area contributed by atoms with Gasteiger partial charge >= 0.3 is 0 Å². The highest BCUT2D eigenvalue weighted by atomic mass is 19.1. The number of fused-ring (bicyclic) bond motifs is 1. The third-order valence-corrected chi connectivity index (χ3v) is 5.12. The summed E-state index contributed by atoms with van der Waals surface area (Å²) in [7, 11) is 0. The molecule has 136 valence electrons. The number of piperazine rings is 1. The first-order valence-corrected chi connectivity index (χ1v) is 9.21. The zero-order chi connectivity index (χ0) is 18.3. The molecule has 1 aliphatic rings. The van der Waals surface area contributed by atoms with E-state index >= 15 is 0 Å². The molecule has 0 aliphatic carbocycles. The zero-order valence-electron chi connectivity index (χ0n) is 15.6. The fourth-order valence-corrected chi connectivity index (χ4v) is 3.79. The molecule has 0 saturated carbocycles. The molecule has 0 atom stereocenters. The second kappa shape index (κ2) is 6.72. The summed E-state index contributed by atoms with van der Waals surface area (Å²) in [6.07, 6.45) is 0. The van der Waals surface area contributed by atoms with E-state index in [1.54, 1.807) is 0 Å². The highest BCUT2D eigenvalue weighted by Gasteiger charge is 2.19. The average Bonchev–Trinajstić information content (AvgIpc) is 2.98. The van der Waals surface area contributed by atoms with E-state index in [9.17, 15) is 4.39 Å². The maximum Gasteiger partial charge on any atom is 0.206 e. The maximum absolute atomic E-state index is 14.0. The summed E-state index contributed by atoms with van der Waals surface area (Å²) < 4.78 is 16.3. The summed E-state index contributed by atoms with van der Waals surface area (Å²) in [6, 6.07) is 10.3. The Balaban J connectivity index is 1.82. The number of halogens is 1. The fraction of sp³-hybridized carbons (Fsp3) is 0.381. The normalized spacial score (nSPS) is 15.0. The SMILES string of the molecule is Cc1ccc2nc(N3CCNCC3)n(Cc3cc(C)c(F)c(C)c3)c2c1. The van der Waals surface area contributed by atoms with Crippen molar-refractivity contribution in [2.75, 3.05) is 31.1 Å². The zero-order valence-corrected chi connectivity index (χ0v) is 15.6. The number of aromatic nitrogens is 2. The van der Waals surface area contributed by atoms with Crippen LogP contribution in [0.2, 0.25) is 0 Å². The van der Waals surface area contributed by atoms with Crippen LogP contribution in [0.15, 0.2) is 30.3 Å². The largest absolute Gasteiger partial charge is 0.340 e. The van der Waals surface area contributed by atoms with Crippen molar-refractivity contribution in [3.05, 3.63) is 58.4 Å². The molecule has 2 heterocycles. The third-order valence-electron chi connectivity index (χ3n) is 5.12. The lowest BCUT2D eigenvalue weighted by Gasteiger charge is -2.29. The molecule has 26 heavy (non-hydrogen) atoms. The minimum absolute atomic E-state index is 0.109. The molecule has 1 saturated heterocycles. The molecular weight excluding hydrogens is 327 g/mol. The highest BCUT2D eigenvalue weighted by Crippen LogP contribution is 2.26. The average molecular weight is 352 g/mol. The van der Waals surface area contributed by atoms with Crippen molar-refractivity contribution in [3.8, 4) is 0 Å². The Hall–Kier alpha value is -2.40. The Morgan fingerprint density at radius 1 is 1.04 bits per heavy atom. The minimum atomic E-state index is -0.109. The lowest BCUT2D eigenvalue weighted by molar-refractivity contribution is 0.571. The maximum atomic E-state index is 14.0. The summed E-state index contributed by atoms with van der Waals surface area (Å²) in [4.78, 5) is 7.27. The number of nitrogens with zero attached hydrogens (tertiary/aromatic N) is 3. The van der Waals surface area contributed by atoms with Crippen molar-refractivity contribution in [2.24, 2.45) is 0 Å². The number of rotatable bonds is 3. The van der Waals surface area contributed by atoms with Gasteiger partial charge in [-0.1, -0.05) is 18.2 Å². The van der Waals surface area contributed by atoms with E-state index in [4.69, 9.17) is 4.98 Å². The van der Waals surface area contributed by atoms with Crippen LogP contribution in [-0.2, 0) is 6.54 Å². The van der Waals surface area contributed by atoms with Crippen LogP contribution in [0, 0.1) is 26.6 Å². The Kier molecular flexibility index (Phi) is 4.41. The lowest BCUT2D eigenvalue weighted by atomic mass is 10.1.